The van der Waals surface area contributed by atoms with Crippen molar-refractivity contribution in [3.8, 4) is 0 Å². The van der Waals surface area contributed by atoms with Crippen molar-refractivity contribution in [1.29, 1.82) is 0 Å². The van der Waals surface area contributed by atoms with Crippen LogP contribution in [0.1, 0.15) is 124 Å². The summed E-state index contributed by atoms with van der Waals surface area (Å²) in [7, 11) is -3.74. The lowest BCUT2D eigenvalue weighted by atomic mass is 10.0. The molecule has 0 saturated heterocycles. The quantitative estimate of drug-likeness (QED) is 0.0668. The molecule has 0 bridgehead atoms. The number of nitrogens with zero attached hydrogens (tertiary/aromatic N) is 1. The molecular weight excluding hydrogens is 477 g/mol. The van der Waals surface area contributed by atoms with Gasteiger partial charge in [0.2, 0.25) is 0 Å². The summed E-state index contributed by atoms with van der Waals surface area (Å²) in [6, 6.07) is 0. The first-order valence-corrected chi connectivity index (χ1v) is 16.5. The molecule has 2 unspecified atom stereocenters. The van der Waals surface area contributed by atoms with E-state index in [1.54, 1.807) is 0 Å². The molecule has 2 atom stereocenters. The molecule has 0 saturated carbocycles. The third kappa shape index (κ3) is 23.9. The lowest BCUT2D eigenvalue weighted by Crippen LogP contribution is -2.29. The maximum absolute atomic E-state index is 12.3. The van der Waals surface area contributed by atoms with Crippen LogP contribution in [0.3, 0.4) is 0 Å². The molecule has 1 N–H and O–H groups in total. The summed E-state index contributed by atoms with van der Waals surface area (Å²) in [5, 5.41) is 0. The van der Waals surface area contributed by atoms with Gasteiger partial charge in [0.1, 0.15) is 6.10 Å². The number of carbonyl (C=O) groups is 1. The molecule has 0 fully saturated rings. The molecule has 0 heterocycles. The zero-order valence-corrected chi connectivity index (χ0v) is 24.9. The topological polar surface area (TPSA) is 85.3 Å². The van der Waals surface area contributed by atoms with E-state index in [1.165, 1.54) is 90.4 Å². The van der Waals surface area contributed by atoms with Crippen LogP contribution in [-0.4, -0.2) is 67.5 Å². The molecule has 0 aliphatic carbocycles. The summed E-state index contributed by atoms with van der Waals surface area (Å²) in [4.78, 5) is 23.5. The Morgan fingerprint density at radius 1 is 0.778 bits per heavy atom. The molecule has 0 rings (SSSR count). The highest BCUT2D eigenvalue weighted by Crippen LogP contribution is 2.41. The predicted octanol–water partition coefficient (Wildman–Crippen LogP) is 7.35. The van der Waals surface area contributed by atoms with E-state index in [9.17, 15) is 14.3 Å². The maximum atomic E-state index is 12.3. The summed E-state index contributed by atoms with van der Waals surface area (Å²) in [6.07, 6.45) is 19.2. The van der Waals surface area contributed by atoms with Gasteiger partial charge in [-0.15, -0.1) is 0 Å². The molecule has 36 heavy (non-hydrogen) atoms. The molecule has 0 aromatic heterocycles. The van der Waals surface area contributed by atoms with Crippen LogP contribution in [0.2, 0.25) is 0 Å². The highest BCUT2D eigenvalue weighted by atomic mass is 31.2. The van der Waals surface area contributed by atoms with Crippen molar-refractivity contribution in [3.63, 3.8) is 0 Å². The van der Waals surface area contributed by atoms with E-state index < -0.39 is 19.7 Å². The average Bonchev–Trinajstić information content (AvgIpc) is 2.84. The number of ether oxygens (including phenoxy) is 2. The summed E-state index contributed by atoms with van der Waals surface area (Å²) < 4.78 is 28.4. The molecule has 8 heteroatoms. The highest BCUT2D eigenvalue weighted by molar-refractivity contribution is 7.52. The minimum atomic E-state index is -3.74. The number of rotatable bonds is 27. The normalized spacial score (nSPS) is 14.2. The minimum absolute atomic E-state index is 0.0570. The zero-order chi connectivity index (χ0) is 26.9. The van der Waals surface area contributed by atoms with E-state index in [0.29, 0.717) is 13.2 Å². The lowest BCUT2D eigenvalue weighted by molar-refractivity contribution is -0.151. The van der Waals surface area contributed by atoms with Crippen LogP contribution >= 0.6 is 7.60 Å². The van der Waals surface area contributed by atoms with Gasteiger partial charge in [0, 0.05) is 20.1 Å². The Labute approximate surface area is 222 Å². The standard InChI is InChI=1S/C28H58NO6P/c1-5-8-9-10-11-12-13-14-15-16-17-18-19-20-21-23-33-25-28(35-27(4)30)26-34-36(31,32)24-22-29(6-2)7-3/h28H,5-26H2,1-4H3,(H,31,32). The van der Waals surface area contributed by atoms with Crippen molar-refractivity contribution in [2.45, 2.75) is 130 Å². The molecule has 0 aromatic carbocycles. The van der Waals surface area contributed by atoms with E-state index in [1.807, 2.05) is 13.8 Å². The van der Waals surface area contributed by atoms with Gasteiger partial charge < -0.3 is 23.8 Å². The fourth-order valence-electron chi connectivity index (χ4n) is 4.21. The van der Waals surface area contributed by atoms with Crippen LogP contribution in [0.5, 0.6) is 0 Å². The molecular formula is C28H58NO6P. The Balaban J connectivity index is 3.76. The first-order valence-electron chi connectivity index (χ1n) is 14.8. The van der Waals surface area contributed by atoms with Gasteiger partial charge >= 0.3 is 13.6 Å². The second-order valence-electron chi connectivity index (χ2n) is 9.94. The van der Waals surface area contributed by atoms with Crippen molar-refractivity contribution in [3.05, 3.63) is 0 Å². The van der Waals surface area contributed by atoms with Crippen molar-refractivity contribution in [1.82, 2.24) is 4.90 Å². The summed E-state index contributed by atoms with van der Waals surface area (Å²) >= 11 is 0. The van der Waals surface area contributed by atoms with Crippen molar-refractivity contribution in [2.24, 2.45) is 0 Å². The number of hydrogen-bond donors (Lipinski definition) is 1. The largest absolute Gasteiger partial charge is 0.458 e. The van der Waals surface area contributed by atoms with Crippen LogP contribution in [0, 0.1) is 0 Å². The third-order valence-corrected chi connectivity index (χ3v) is 7.90. The molecule has 0 amide bonds. The predicted molar refractivity (Wildman–Crippen MR) is 150 cm³/mol. The van der Waals surface area contributed by atoms with Crippen molar-refractivity contribution < 1.29 is 28.3 Å². The fraction of sp³-hybridized carbons (Fsp3) is 0.964. The minimum Gasteiger partial charge on any atom is -0.458 e. The number of hydrogen-bond acceptors (Lipinski definition) is 6. The first kappa shape index (κ1) is 35.5. The van der Waals surface area contributed by atoms with Gasteiger partial charge in [-0.1, -0.05) is 111 Å². The summed E-state index contributed by atoms with van der Waals surface area (Å²) in [5.41, 5.74) is 0. The highest BCUT2D eigenvalue weighted by Gasteiger charge is 2.24. The third-order valence-electron chi connectivity index (χ3n) is 6.58. The zero-order valence-electron chi connectivity index (χ0n) is 24.0. The van der Waals surface area contributed by atoms with E-state index >= 15 is 0 Å². The van der Waals surface area contributed by atoms with Gasteiger partial charge in [-0.2, -0.15) is 0 Å². The molecule has 216 valence electrons. The van der Waals surface area contributed by atoms with Crippen molar-refractivity contribution in [2.75, 3.05) is 45.6 Å². The Bertz CT molecular complexity index is 544. The van der Waals surface area contributed by atoms with E-state index in [0.717, 1.165) is 25.9 Å². The van der Waals surface area contributed by atoms with E-state index in [4.69, 9.17) is 14.0 Å². The molecule has 7 nitrogen and oxygen atoms in total. The molecule has 0 aliphatic heterocycles. The number of carbonyl (C=O) groups excluding carboxylic acids is 1. The Morgan fingerprint density at radius 3 is 1.69 bits per heavy atom. The lowest BCUT2D eigenvalue weighted by Gasteiger charge is -2.22. The van der Waals surface area contributed by atoms with Crippen LogP contribution < -0.4 is 0 Å². The summed E-state index contributed by atoms with van der Waals surface area (Å²) in [5.74, 6) is -0.449. The fourth-order valence-corrected chi connectivity index (χ4v) is 5.28. The Hall–Kier alpha value is -0.460. The van der Waals surface area contributed by atoms with E-state index in [2.05, 4.69) is 11.8 Å². The number of unbranched alkanes of at least 4 members (excludes halogenated alkanes) is 14. The van der Waals surface area contributed by atoms with Gasteiger partial charge in [0.05, 0.1) is 19.4 Å². The number of esters is 1. The molecule has 0 spiro atoms. The summed E-state index contributed by atoms with van der Waals surface area (Å²) in [6.45, 7) is 10.4. The smallest absolute Gasteiger partial charge is 0.329 e. The molecule has 0 radical (unpaired) electrons. The van der Waals surface area contributed by atoms with Crippen LogP contribution in [0.4, 0.5) is 0 Å². The maximum Gasteiger partial charge on any atom is 0.329 e. The van der Waals surface area contributed by atoms with Gasteiger partial charge in [-0.05, 0) is 19.5 Å². The SMILES string of the molecule is CCCCCCCCCCCCCCCCCOCC(COP(=O)(O)CCN(CC)CC)OC(C)=O. The first-order chi connectivity index (χ1) is 17.3. The monoisotopic (exact) mass is 535 g/mol. The van der Waals surface area contributed by atoms with Gasteiger partial charge in [0.15, 0.2) is 0 Å². The van der Waals surface area contributed by atoms with Gasteiger partial charge in [0.25, 0.3) is 0 Å². The second-order valence-corrected chi connectivity index (χ2v) is 11.9. The van der Waals surface area contributed by atoms with Gasteiger partial charge in [-0.3, -0.25) is 9.36 Å². The van der Waals surface area contributed by atoms with Crippen molar-refractivity contribution >= 4 is 13.6 Å². The molecule has 0 aromatic rings. The van der Waals surface area contributed by atoms with Gasteiger partial charge in [-0.25, -0.2) is 0 Å². The average molecular weight is 536 g/mol. The second kappa shape index (κ2) is 24.9. The van der Waals surface area contributed by atoms with Crippen LogP contribution in [0.15, 0.2) is 0 Å². The molecule has 0 aliphatic rings. The Kier molecular flexibility index (Phi) is 24.5. The van der Waals surface area contributed by atoms with Crippen LogP contribution in [0.25, 0.3) is 0 Å². The van der Waals surface area contributed by atoms with Crippen LogP contribution in [-0.2, 0) is 23.4 Å². The van der Waals surface area contributed by atoms with E-state index in [-0.39, 0.29) is 19.4 Å². The Morgan fingerprint density at radius 2 is 1.25 bits per heavy atom.